The number of ether oxygens (including phenoxy) is 2. The summed E-state index contributed by atoms with van der Waals surface area (Å²) in [6.45, 7) is 18.7. The Kier molecular flexibility index (Phi) is 27.7. The maximum Gasteiger partial charge on any atom is 1.00 e. The van der Waals surface area contributed by atoms with Crippen LogP contribution >= 0.6 is 0 Å². The third kappa shape index (κ3) is 18.5. The van der Waals surface area contributed by atoms with Crippen LogP contribution < -0.4 is 118 Å². The van der Waals surface area contributed by atoms with Crippen LogP contribution in [0.5, 0.6) is 28.7 Å². The van der Waals surface area contributed by atoms with Crippen molar-refractivity contribution >= 4 is 26.1 Å². The van der Waals surface area contributed by atoms with Gasteiger partial charge < -0.3 is 31.3 Å². The molecule has 0 aliphatic rings. The van der Waals surface area contributed by atoms with Crippen LogP contribution in [0.2, 0.25) is 0 Å². The van der Waals surface area contributed by atoms with Gasteiger partial charge in [0.25, 0.3) is 6.47 Å². The summed E-state index contributed by atoms with van der Waals surface area (Å²) in [6, 6.07) is 46.1. The van der Waals surface area contributed by atoms with Gasteiger partial charge in [-0.15, -0.1) is 0 Å². The van der Waals surface area contributed by atoms with Crippen LogP contribution in [0.4, 0.5) is 8.78 Å². The van der Waals surface area contributed by atoms with E-state index in [4.69, 9.17) is 19.5 Å². The largest absolute Gasteiger partial charge is 1.00 e. The minimum atomic E-state index is -3.71. The van der Waals surface area contributed by atoms with Gasteiger partial charge in [0.05, 0.1) is 26.7 Å². The number of phenolic OH excluding ortho intramolecular Hbond substituents is 2. The maximum absolute atomic E-state index is 13.0. The third-order valence-electron chi connectivity index (χ3n) is 13.0. The molecule has 0 bridgehead atoms. The maximum atomic E-state index is 13.0. The number of methoxy groups -OCH3 is 1. The van der Waals surface area contributed by atoms with Crippen LogP contribution in [0.3, 0.4) is 0 Å². The molecule has 0 saturated carbocycles. The van der Waals surface area contributed by atoms with E-state index in [1.807, 2.05) is 51.1 Å². The molecule has 0 spiro atoms. The first-order valence-electron chi connectivity index (χ1n) is 23.7. The van der Waals surface area contributed by atoms with Crippen LogP contribution in [0.15, 0.2) is 189 Å². The van der Waals surface area contributed by atoms with Crippen LogP contribution in [0.1, 0.15) is 86.6 Å². The Balaban J connectivity index is 0.000000616. The van der Waals surface area contributed by atoms with Crippen molar-refractivity contribution in [2.45, 2.75) is 100 Å². The second-order valence-electron chi connectivity index (χ2n) is 18.9. The van der Waals surface area contributed by atoms with Crippen LogP contribution in [-0.4, -0.2) is 40.6 Å². The van der Waals surface area contributed by atoms with E-state index in [-0.39, 0.29) is 149 Å². The van der Waals surface area contributed by atoms with Gasteiger partial charge in [-0.25, -0.2) is 25.6 Å². The minimum absolute atomic E-state index is 0. The summed E-state index contributed by atoms with van der Waals surface area (Å²) in [6.07, 6.45) is 0. The Morgan fingerprint density at radius 3 is 1.09 bits per heavy atom. The number of hydrogen-bond acceptors (Lipinski definition) is 11. The summed E-state index contributed by atoms with van der Waals surface area (Å²) < 4.78 is 86.5. The van der Waals surface area contributed by atoms with Gasteiger partial charge in [0.15, 0.2) is 0 Å². The molecule has 0 atom stereocenters. The molecule has 0 unspecified atom stereocenters. The molecule has 2 N–H and O–H groups in total. The van der Waals surface area contributed by atoms with E-state index >= 15 is 0 Å². The summed E-state index contributed by atoms with van der Waals surface area (Å²) in [5, 5.41) is 27.7. The summed E-state index contributed by atoms with van der Waals surface area (Å²) in [7, 11) is -5.79. The van der Waals surface area contributed by atoms with Gasteiger partial charge in [-0.1, -0.05) is 89.7 Å². The topological polar surface area (TPSA) is 177 Å². The van der Waals surface area contributed by atoms with Gasteiger partial charge >= 0.3 is 103 Å². The monoisotopic (exact) mass is 1170 g/mol. The van der Waals surface area contributed by atoms with Crippen molar-refractivity contribution < 1.29 is 164 Å². The fourth-order valence-electron chi connectivity index (χ4n) is 7.77. The number of aromatic hydroxyl groups is 2. The fraction of sp³-hybridized carbons (Fsp3) is 0.210. The first-order valence-corrected chi connectivity index (χ1v) is 26.7. The second-order valence-corrected chi connectivity index (χ2v) is 22.8. The van der Waals surface area contributed by atoms with E-state index in [0.29, 0.717) is 23.0 Å². The molecule has 0 aliphatic heterocycles. The van der Waals surface area contributed by atoms with Gasteiger partial charge in [-0.3, -0.25) is 4.79 Å². The van der Waals surface area contributed by atoms with Crippen LogP contribution in [0, 0.1) is 46.3 Å². The van der Waals surface area contributed by atoms with E-state index in [9.17, 15) is 35.8 Å². The molecule has 11 nitrogen and oxygen atoms in total. The molecule has 8 rings (SSSR count). The van der Waals surface area contributed by atoms with Crippen molar-refractivity contribution in [3.8, 4) is 28.7 Å². The van der Waals surface area contributed by atoms with Gasteiger partial charge in [-0.2, -0.15) is 0 Å². The van der Waals surface area contributed by atoms with Gasteiger partial charge in [0, 0.05) is 10.8 Å². The van der Waals surface area contributed by atoms with Crippen molar-refractivity contribution in [1.29, 1.82) is 0 Å². The van der Waals surface area contributed by atoms with E-state index in [0.717, 1.165) is 57.8 Å². The standard InChI is InChI=1S/C31H32O4S.C17H20O2.C12H8F2O2S.CH2O3.CH4.2K.H/c1-21-7-8-24(19-22(21)2)31(4,5)25-9-18-30(23(3)20-25)35-27-12-16-29(17-13-27)36(32,33)28-14-10-26(34-6)11-15-28;1-11-9-13(5-7-15(11)18)17(3,4)14-6-8-16(19)12(2)10-14;13-9-1-5-11(6-2-9)17(15,16)12-7-3-10(14)4-8-12;2-1-4-3;;;;/h7-20H,1-6H3;5-10,18-19H,1-4H3;1-8H;1,3H;1H4;;;/q;;;;;2*+1;-1/p-1. The molecular weight excluding hydrogens is 1100 g/mol. The zero-order valence-electron chi connectivity index (χ0n) is 46.9. The average molecular weight is 1170 g/mol. The van der Waals surface area contributed by atoms with Crippen molar-refractivity contribution in [1.82, 2.24) is 0 Å². The van der Waals surface area contributed by atoms with E-state index in [1.165, 1.54) is 46.5 Å². The summed E-state index contributed by atoms with van der Waals surface area (Å²) in [4.78, 5) is 11.6. The van der Waals surface area contributed by atoms with E-state index < -0.39 is 31.3 Å². The molecule has 0 saturated heterocycles. The number of carbonyl (C=O) groups excluding carboxylic acids is 1. The van der Waals surface area contributed by atoms with Gasteiger partial charge in [-0.05, 0) is 200 Å². The van der Waals surface area contributed by atoms with Gasteiger partial charge in [0.2, 0.25) is 19.7 Å². The fourth-order valence-corrected chi connectivity index (χ4v) is 10.3. The zero-order valence-corrected chi connectivity index (χ0v) is 53.8. The molecular formula is C62H66F2K2O11S2. The average Bonchev–Trinajstić information content (AvgIpc) is 3.40. The number of carbonyl (C=O) groups is 1. The summed E-state index contributed by atoms with van der Waals surface area (Å²) in [5.41, 5.74) is 9.79. The molecule has 8 aromatic rings. The number of halogens is 2. The number of benzene rings is 8. The Bertz CT molecular complexity index is 3400. The molecule has 0 aliphatic carbocycles. The van der Waals surface area contributed by atoms with Crippen molar-refractivity contribution in [2.24, 2.45) is 0 Å². The van der Waals surface area contributed by atoms with Crippen LogP contribution in [0.25, 0.3) is 0 Å². The number of rotatable bonds is 12. The van der Waals surface area contributed by atoms with E-state index in [1.54, 1.807) is 67.8 Å². The SMILES string of the molecule is C.COc1ccc(S(=O)(=O)c2ccc(Oc3ccc(C(C)(C)c4ccc(C)c(C)c4)cc3C)cc2)cc1.Cc1cc(C(C)(C)c2ccc(O)c(C)c2)ccc1O.O=CO[O-].O=S(=O)(c1ccc(F)cc1)c1ccc(F)cc1.[H-].[K+].[K+]. The first kappa shape index (κ1) is 70.5. The molecule has 0 amide bonds. The summed E-state index contributed by atoms with van der Waals surface area (Å²) >= 11 is 0. The zero-order chi connectivity index (χ0) is 56.2. The predicted molar refractivity (Wildman–Crippen MR) is 295 cm³/mol. The molecule has 0 heterocycles. The number of sulfone groups is 2. The van der Waals surface area contributed by atoms with Crippen molar-refractivity contribution in [2.75, 3.05) is 7.11 Å². The Labute approximate surface area is 551 Å². The Morgan fingerprint density at radius 2 is 0.772 bits per heavy atom. The van der Waals surface area contributed by atoms with Crippen LogP contribution in [-0.2, 0) is 40.2 Å². The Morgan fingerprint density at radius 1 is 0.468 bits per heavy atom. The van der Waals surface area contributed by atoms with Gasteiger partial charge in [0.1, 0.15) is 40.4 Å². The number of hydrogen-bond donors (Lipinski definition) is 2. The smallest absolute Gasteiger partial charge is 1.00 e. The molecule has 17 heteroatoms. The first-order chi connectivity index (χ1) is 35.7. The molecule has 0 aromatic heterocycles. The van der Waals surface area contributed by atoms with Crippen molar-refractivity contribution in [3.63, 3.8) is 0 Å². The normalized spacial score (nSPS) is 10.9. The molecule has 79 heavy (non-hydrogen) atoms. The molecule has 8 aromatic carbocycles. The second kappa shape index (κ2) is 31.0. The molecule has 0 radical (unpaired) electrons. The molecule has 408 valence electrons. The minimum Gasteiger partial charge on any atom is -1.00 e. The van der Waals surface area contributed by atoms with E-state index in [2.05, 4.69) is 76.8 Å². The van der Waals surface area contributed by atoms with Crippen molar-refractivity contribution in [3.05, 3.63) is 232 Å². The summed E-state index contributed by atoms with van der Waals surface area (Å²) in [5.74, 6) is 1.54. The number of phenols is 2. The Hall–Kier alpha value is -4.58. The molecule has 0 fully saturated rings. The number of aryl methyl sites for hydroxylation is 5. The third-order valence-corrected chi connectivity index (χ3v) is 16.6. The predicted octanol–water partition coefficient (Wildman–Crippen LogP) is 7.60. The quantitative estimate of drug-likeness (QED) is 0.0405.